The van der Waals surface area contributed by atoms with E-state index in [1.54, 1.807) is 24.0 Å². The number of hydrogen-bond donors (Lipinski definition) is 1. The number of piperazine rings is 1. The molecule has 0 saturated carbocycles. The summed E-state index contributed by atoms with van der Waals surface area (Å²) in [6, 6.07) is 15.4. The maximum atomic E-state index is 13.5. The fourth-order valence-electron chi connectivity index (χ4n) is 3.89. The van der Waals surface area contributed by atoms with E-state index in [1.165, 1.54) is 11.8 Å². The van der Waals surface area contributed by atoms with Crippen molar-refractivity contribution >= 4 is 40.0 Å². The monoisotopic (exact) mass is 477 g/mol. The standard InChI is InChI=1S/C26H31N5O2S/c1-4-27-22-11-10-21(19(2)32)16-23(22)28-26-31(17-20-8-6-5-7-9-20)25(33)24(34-26)18-30-14-12-29(3)13-15-30/h5-11,16,18,27H,4,12-15,17H2,1-3H3. The highest BCUT2D eigenvalue weighted by Crippen LogP contribution is 2.36. The van der Waals surface area contributed by atoms with Crippen molar-refractivity contribution in [2.75, 3.05) is 45.1 Å². The Morgan fingerprint density at radius 3 is 2.53 bits per heavy atom. The van der Waals surface area contributed by atoms with Crippen molar-refractivity contribution in [2.24, 2.45) is 4.99 Å². The second kappa shape index (κ2) is 10.9. The summed E-state index contributed by atoms with van der Waals surface area (Å²) in [6.07, 6.45) is 1.98. The highest BCUT2D eigenvalue weighted by atomic mass is 32.2. The fourth-order valence-corrected chi connectivity index (χ4v) is 4.89. The van der Waals surface area contributed by atoms with Gasteiger partial charge in [-0.3, -0.25) is 14.5 Å². The summed E-state index contributed by atoms with van der Waals surface area (Å²) < 4.78 is 0. The average Bonchev–Trinajstić information content (AvgIpc) is 3.11. The first-order valence-corrected chi connectivity index (χ1v) is 12.4. The molecular weight excluding hydrogens is 446 g/mol. The number of carbonyl (C=O) groups is 2. The molecule has 34 heavy (non-hydrogen) atoms. The molecule has 0 spiro atoms. The molecule has 0 unspecified atom stereocenters. The minimum atomic E-state index is -0.0424. The van der Waals surface area contributed by atoms with Crippen LogP contribution in [0.15, 0.2) is 64.6 Å². The number of aliphatic imine (C=N–C) groups is 1. The van der Waals surface area contributed by atoms with Gasteiger partial charge in [0, 0.05) is 44.5 Å². The smallest absolute Gasteiger partial charge is 0.268 e. The van der Waals surface area contributed by atoms with Gasteiger partial charge in [0.2, 0.25) is 0 Å². The summed E-state index contributed by atoms with van der Waals surface area (Å²) in [5.74, 6) is -0.0595. The van der Waals surface area contributed by atoms with Crippen molar-refractivity contribution in [3.63, 3.8) is 0 Å². The summed E-state index contributed by atoms with van der Waals surface area (Å²) in [7, 11) is 2.11. The number of anilines is 1. The van der Waals surface area contributed by atoms with Crippen LogP contribution in [0.2, 0.25) is 0 Å². The van der Waals surface area contributed by atoms with E-state index in [4.69, 9.17) is 4.99 Å². The third kappa shape index (κ3) is 5.69. The molecule has 2 aromatic carbocycles. The molecule has 1 amide bonds. The Morgan fingerprint density at radius 2 is 1.85 bits per heavy atom. The molecule has 2 aliphatic rings. The van der Waals surface area contributed by atoms with Crippen LogP contribution in [-0.4, -0.2) is 71.3 Å². The van der Waals surface area contributed by atoms with Crippen LogP contribution in [0.3, 0.4) is 0 Å². The van der Waals surface area contributed by atoms with Gasteiger partial charge in [0.05, 0.1) is 22.8 Å². The van der Waals surface area contributed by atoms with E-state index in [0.29, 0.717) is 27.9 Å². The number of benzene rings is 2. The van der Waals surface area contributed by atoms with Gasteiger partial charge in [-0.25, -0.2) is 4.99 Å². The van der Waals surface area contributed by atoms with E-state index in [9.17, 15) is 9.59 Å². The van der Waals surface area contributed by atoms with E-state index in [-0.39, 0.29) is 11.7 Å². The fraction of sp³-hybridized carbons (Fsp3) is 0.346. The predicted molar refractivity (Wildman–Crippen MR) is 139 cm³/mol. The number of likely N-dealkylation sites (N-methyl/N-ethyl adjacent to an activating group) is 1. The number of amides is 1. The Balaban J connectivity index is 1.70. The lowest BCUT2D eigenvalue weighted by atomic mass is 10.1. The number of carbonyl (C=O) groups excluding carboxylic acids is 2. The molecule has 0 atom stereocenters. The summed E-state index contributed by atoms with van der Waals surface area (Å²) in [5, 5.41) is 3.93. The van der Waals surface area contributed by atoms with Crippen molar-refractivity contribution in [1.29, 1.82) is 0 Å². The molecule has 178 valence electrons. The van der Waals surface area contributed by atoms with Crippen LogP contribution in [0.25, 0.3) is 0 Å². The number of amidine groups is 1. The Kier molecular flexibility index (Phi) is 7.70. The first-order valence-electron chi connectivity index (χ1n) is 11.6. The van der Waals surface area contributed by atoms with Gasteiger partial charge in [-0.2, -0.15) is 0 Å². The number of nitrogens with one attached hydrogen (secondary N) is 1. The Hall–Kier alpha value is -3.10. The topological polar surface area (TPSA) is 68.2 Å². The third-order valence-electron chi connectivity index (χ3n) is 5.90. The molecule has 0 radical (unpaired) electrons. The first kappa shape index (κ1) is 24.0. The molecule has 2 aromatic rings. The Labute approximate surface area is 205 Å². The van der Waals surface area contributed by atoms with Crippen molar-refractivity contribution in [1.82, 2.24) is 14.7 Å². The van der Waals surface area contributed by atoms with Gasteiger partial charge in [-0.15, -0.1) is 0 Å². The molecule has 1 N–H and O–H groups in total. The molecule has 4 rings (SSSR count). The van der Waals surface area contributed by atoms with Crippen LogP contribution in [0.1, 0.15) is 29.8 Å². The number of hydrogen-bond acceptors (Lipinski definition) is 7. The molecule has 2 fully saturated rings. The van der Waals surface area contributed by atoms with Gasteiger partial charge in [-0.1, -0.05) is 30.3 Å². The Morgan fingerprint density at radius 1 is 1.12 bits per heavy atom. The van der Waals surface area contributed by atoms with E-state index in [0.717, 1.165) is 44.0 Å². The largest absolute Gasteiger partial charge is 0.384 e. The zero-order valence-corrected chi connectivity index (χ0v) is 20.8. The van der Waals surface area contributed by atoms with Gasteiger partial charge < -0.3 is 15.1 Å². The molecule has 2 saturated heterocycles. The number of thioether (sulfide) groups is 1. The van der Waals surface area contributed by atoms with Crippen LogP contribution >= 0.6 is 11.8 Å². The minimum Gasteiger partial charge on any atom is -0.384 e. The molecule has 0 aromatic heterocycles. The van der Waals surface area contributed by atoms with E-state index < -0.39 is 0 Å². The van der Waals surface area contributed by atoms with E-state index in [2.05, 4.69) is 22.2 Å². The number of Topliss-reactive ketones (excluding diaryl/α,β-unsaturated/α-hetero) is 1. The lowest BCUT2D eigenvalue weighted by Gasteiger charge is -2.31. The predicted octanol–water partition coefficient (Wildman–Crippen LogP) is 4.17. The van der Waals surface area contributed by atoms with Gasteiger partial charge >= 0.3 is 0 Å². The van der Waals surface area contributed by atoms with Crippen molar-refractivity contribution in [3.05, 3.63) is 70.8 Å². The SMILES string of the molecule is CCNc1ccc(C(C)=O)cc1N=C1SC(=CN2CCN(C)CC2)C(=O)N1Cc1ccccc1. The minimum absolute atomic E-state index is 0.0172. The van der Waals surface area contributed by atoms with E-state index >= 15 is 0 Å². The maximum Gasteiger partial charge on any atom is 0.268 e. The highest BCUT2D eigenvalue weighted by molar-refractivity contribution is 8.18. The number of ketones is 1. The van der Waals surface area contributed by atoms with Crippen LogP contribution in [0.5, 0.6) is 0 Å². The van der Waals surface area contributed by atoms with Crippen LogP contribution < -0.4 is 5.32 Å². The highest BCUT2D eigenvalue weighted by Gasteiger charge is 2.34. The van der Waals surface area contributed by atoms with E-state index in [1.807, 2.05) is 49.5 Å². The lowest BCUT2D eigenvalue weighted by Crippen LogP contribution is -2.42. The molecule has 7 nitrogen and oxygen atoms in total. The molecule has 0 aliphatic carbocycles. The maximum absolute atomic E-state index is 13.5. The van der Waals surface area contributed by atoms with Gasteiger partial charge in [-0.05, 0) is 56.4 Å². The average molecular weight is 478 g/mol. The zero-order chi connectivity index (χ0) is 24.1. The van der Waals surface area contributed by atoms with Crippen LogP contribution in [-0.2, 0) is 11.3 Å². The third-order valence-corrected chi connectivity index (χ3v) is 6.89. The van der Waals surface area contributed by atoms with Crippen LogP contribution in [0, 0.1) is 0 Å². The van der Waals surface area contributed by atoms with Gasteiger partial charge in [0.15, 0.2) is 11.0 Å². The first-order chi connectivity index (χ1) is 16.4. The quantitative estimate of drug-likeness (QED) is 0.477. The van der Waals surface area contributed by atoms with Crippen molar-refractivity contribution in [3.8, 4) is 0 Å². The van der Waals surface area contributed by atoms with Crippen molar-refractivity contribution < 1.29 is 9.59 Å². The molecule has 8 heteroatoms. The summed E-state index contributed by atoms with van der Waals surface area (Å²) in [6.45, 7) is 8.46. The Bertz CT molecular complexity index is 1110. The lowest BCUT2D eigenvalue weighted by molar-refractivity contribution is -0.122. The van der Waals surface area contributed by atoms with Crippen molar-refractivity contribution in [2.45, 2.75) is 20.4 Å². The summed E-state index contributed by atoms with van der Waals surface area (Å²) >= 11 is 1.40. The zero-order valence-electron chi connectivity index (χ0n) is 20.0. The molecular formula is C26H31N5O2S. The number of nitrogens with zero attached hydrogens (tertiary/aromatic N) is 4. The second-order valence-electron chi connectivity index (χ2n) is 8.52. The number of rotatable bonds is 7. The van der Waals surface area contributed by atoms with Gasteiger partial charge in [0.1, 0.15) is 0 Å². The summed E-state index contributed by atoms with van der Waals surface area (Å²) in [4.78, 5) is 37.3. The molecule has 2 heterocycles. The van der Waals surface area contributed by atoms with Crippen LogP contribution in [0.4, 0.5) is 11.4 Å². The normalized spacial score (nSPS) is 19.3. The molecule has 2 aliphatic heterocycles. The second-order valence-corrected chi connectivity index (χ2v) is 9.53. The van der Waals surface area contributed by atoms with Gasteiger partial charge in [0.25, 0.3) is 5.91 Å². The summed E-state index contributed by atoms with van der Waals surface area (Å²) in [5.41, 5.74) is 3.13. The molecule has 0 bridgehead atoms.